The van der Waals surface area contributed by atoms with Crippen LogP contribution in [0.15, 0.2) is 54.7 Å². The zero-order chi connectivity index (χ0) is 17.1. The molecule has 3 aromatic rings. The molecule has 2 aromatic carbocycles. The standard InChI is InChI=1S/C18H16FN3O2/c1-12-17(18(23)21-14-5-3-13(19)4-6-14)11-20-22(12)15-7-9-16(24-2)10-8-15/h3-11H,1-2H3,(H,21,23). The maximum Gasteiger partial charge on any atom is 0.259 e. The molecule has 0 aliphatic rings. The van der Waals surface area contributed by atoms with Gasteiger partial charge in [0.25, 0.3) is 5.91 Å². The molecule has 0 atom stereocenters. The number of aromatic nitrogens is 2. The lowest BCUT2D eigenvalue weighted by Crippen LogP contribution is -2.13. The second-order valence-corrected chi connectivity index (χ2v) is 5.21. The minimum atomic E-state index is -0.350. The molecule has 1 heterocycles. The van der Waals surface area contributed by atoms with Crippen molar-refractivity contribution in [3.63, 3.8) is 0 Å². The van der Waals surface area contributed by atoms with Crippen LogP contribution in [-0.4, -0.2) is 22.8 Å². The van der Waals surface area contributed by atoms with Crippen molar-refractivity contribution in [2.75, 3.05) is 12.4 Å². The Kier molecular flexibility index (Phi) is 4.29. The molecule has 0 saturated carbocycles. The van der Waals surface area contributed by atoms with Crippen LogP contribution in [0.2, 0.25) is 0 Å². The molecule has 0 radical (unpaired) electrons. The van der Waals surface area contributed by atoms with E-state index in [0.717, 1.165) is 11.4 Å². The molecule has 0 fully saturated rings. The fourth-order valence-electron chi connectivity index (χ4n) is 2.35. The van der Waals surface area contributed by atoms with E-state index >= 15 is 0 Å². The van der Waals surface area contributed by atoms with Crippen molar-refractivity contribution in [2.45, 2.75) is 6.92 Å². The number of methoxy groups -OCH3 is 1. The van der Waals surface area contributed by atoms with Gasteiger partial charge in [-0.1, -0.05) is 0 Å². The second kappa shape index (κ2) is 6.54. The van der Waals surface area contributed by atoms with Crippen LogP contribution < -0.4 is 10.1 Å². The Bertz CT molecular complexity index is 855. The van der Waals surface area contributed by atoms with E-state index < -0.39 is 0 Å². The van der Waals surface area contributed by atoms with Gasteiger partial charge in [-0.05, 0) is 55.5 Å². The van der Waals surface area contributed by atoms with Crippen molar-refractivity contribution in [1.29, 1.82) is 0 Å². The molecular formula is C18H16FN3O2. The SMILES string of the molecule is COc1ccc(-n2ncc(C(=O)Nc3ccc(F)cc3)c2C)cc1. The average molecular weight is 325 g/mol. The lowest BCUT2D eigenvalue weighted by molar-refractivity contribution is 0.102. The summed E-state index contributed by atoms with van der Waals surface area (Å²) in [6, 6.07) is 13.0. The highest BCUT2D eigenvalue weighted by Crippen LogP contribution is 2.19. The first-order valence-electron chi connectivity index (χ1n) is 7.34. The zero-order valence-corrected chi connectivity index (χ0v) is 13.3. The number of nitrogens with zero attached hydrogens (tertiary/aromatic N) is 2. The van der Waals surface area contributed by atoms with Crippen LogP contribution in [0.25, 0.3) is 5.69 Å². The van der Waals surface area contributed by atoms with Crippen LogP contribution in [0, 0.1) is 12.7 Å². The van der Waals surface area contributed by atoms with E-state index in [0.29, 0.717) is 16.9 Å². The molecule has 1 N–H and O–H groups in total. The van der Waals surface area contributed by atoms with Gasteiger partial charge in [0.2, 0.25) is 0 Å². The number of carbonyl (C=O) groups is 1. The molecule has 0 spiro atoms. The normalized spacial score (nSPS) is 10.5. The van der Waals surface area contributed by atoms with Crippen molar-refractivity contribution in [1.82, 2.24) is 9.78 Å². The summed E-state index contributed by atoms with van der Waals surface area (Å²) in [6.45, 7) is 1.82. The van der Waals surface area contributed by atoms with Gasteiger partial charge in [-0.3, -0.25) is 4.79 Å². The summed E-state index contributed by atoms with van der Waals surface area (Å²) in [5.41, 5.74) is 2.52. The van der Waals surface area contributed by atoms with Crippen LogP contribution in [0.3, 0.4) is 0 Å². The van der Waals surface area contributed by atoms with Crippen LogP contribution in [0.5, 0.6) is 5.75 Å². The van der Waals surface area contributed by atoms with Crippen molar-refractivity contribution in [2.24, 2.45) is 0 Å². The first-order chi connectivity index (χ1) is 11.6. The third kappa shape index (κ3) is 3.12. The summed E-state index contributed by atoms with van der Waals surface area (Å²) < 4.78 is 19.7. The summed E-state index contributed by atoms with van der Waals surface area (Å²) in [4.78, 5) is 12.4. The summed E-state index contributed by atoms with van der Waals surface area (Å²) >= 11 is 0. The first-order valence-corrected chi connectivity index (χ1v) is 7.34. The Morgan fingerprint density at radius 3 is 2.42 bits per heavy atom. The van der Waals surface area contributed by atoms with E-state index in [9.17, 15) is 9.18 Å². The number of anilines is 1. The molecule has 0 unspecified atom stereocenters. The van der Waals surface area contributed by atoms with E-state index in [1.54, 1.807) is 11.8 Å². The molecule has 3 rings (SSSR count). The quantitative estimate of drug-likeness (QED) is 0.797. The van der Waals surface area contributed by atoms with Crippen molar-refractivity contribution < 1.29 is 13.9 Å². The topological polar surface area (TPSA) is 56.2 Å². The fraction of sp³-hybridized carbons (Fsp3) is 0.111. The molecule has 122 valence electrons. The Morgan fingerprint density at radius 1 is 1.12 bits per heavy atom. The minimum absolute atomic E-state index is 0.293. The average Bonchev–Trinajstić information content (AvgIpc) is 2.98. The highest BCUT2D eigenvalue weighted by atomic mass is 19.1. The molecule has 1 amide bonds. The maximum atomic E-state index is 12.9. The number of hydrogen-bond donors (Lipinski definition) is 1. The summed E-state index contributed by atoms with van der Waals surface area (Å²) in [5, 5.41) is 7.00. The maximum absolute atomic E-state index is 12.9. The van der Waals surface area contributed by atoms with Crippen molar-refractivity contribution >= 4 is 11.6 Å². The number of nitrogens with one attached hydrogen (secondary N) is 1. The Balaban J connectivity index is 1.83. The number of amides is 1. The Morgan fingerprint density at radius 2 is 1.79 bits per heavy atom. The van der Waals surface area contributed by atoms with E-state index in [1.807, 2.05) is 31.2 Å². The predicted molar refractivity (Wildman–Crippen MR) is 89.2 cm³/mol. The molecule has 0 aliphatic heterocycles. The number of halogens is 1. The van der Waals surface area contributed by atoms with Crippen molar-refractivity contribution in [3.05, 3.63) is 71.8 Å². The first kappa shape index (κ1) is 15.7. The molecule has 0 saturated heterocycles. The largest absolute Gasteiger partial charge is 0.497 e. The summed E-state index contributed by atoms with van der Waals surface area (Å²) in [7, 11) is 1.60. The van der Waals surface area contributed by atoms with Crippen LogP contribution in [0.4, 0.5) is 10.1 Å². The monoisotopic (exact) mass is 325 g/mol. The molecule has 5 nitrogen and oxygen atoms in total. The Labute approximate surface area is 138 Å². The number of rotatable bonds is 4. The predicted octanol–water partition coefficient (Wildman–Crippen LogP) is 3.58. The lowest BCUT2D eigenvalue weighted by atomic mass is 10.2. The number of ether oxygens (including phenoxy) is 1. The van der Waals surface area contributed by atoms with Gasteiger partial charge in [-0.15, -0.1) is 0 Å². The third-order valence-corrected chi connectivity index (χ3v) is 3.67. The number of benzene rings is 2. The molecule has 6 heteroatoms. The smallest absolute Gasteiger partial charge is 0.259 e. The number of carbonyl (C=O) groups excluding carboxylic acids is 1. The van der Waals surface area contributed by atoms with E-state index in [-0.39, 0.29) is 11.7 Å². The number of hydrogen-bond acceptors (Lipinski definition) is 3. The molecule has 0 bridgehead atoms. The van der Waals surface area contributed by atoms with Gasteiger partial charge in [-0.2, -0.15) is 5.10 Å². The van der Waals surface area contributed by atoms with E-state index in [2.05, 4.69) is 10.4 Å². The van der Waals surface area contributed by atoms with Gasteiger partial charge in [0, 0.05) is 5.69 Å². The fourth-order valence-corrected chi connectivity index (χ4v) is 2.35. The van der Waals surface area contributed by atoms with E-state index in [4.69, 9.17) is 4.74 Å². The molecular weight excluding hydrogens is 309 g/mol. The molecule has 1 aromatic heterocycles. The molecule has 0 aliphatic carbocycles. The van der Waals surface area contributed by atoms with Gasteiger partial charge in [0.1, 0.15) is 11.6 Å². The summed E-state index contributed by atoms with van der Waals surface area (Å²) in [5.74, 6) is 0.105. The molecule has 24 heavy (non-hydrogen) atoms. The lowest BCUT2D eigenvalue weighted by Gasteiger charge is -2.07. The van der Waals surface area contributed by atoms with Crippen LogP contribution in [-0.2, 0) is 0 Å². The van der Waals surface area contributed by atoms with Gasteiger partial charge >= 0.3 is 0 Å². The van der Waals surface area contributed by atoms with Gasteiger partial charge in [0.05, 0.1) is 30.3 Å². The minimum Gasteiger partial charge on any atom is -0.497 e. The summed E-state index contributed by atoms with van der Waals surface area (Å²) in [6.07, 6.45) is 1.51. The van der Waals surface area contributed by atoms with Crippen molar-refractivity contribution in [3.8, 4) is 11.4 Å². The van der Waals surface area contributed by atoms with Gasteiger partial charge in [0.15, 0.2) is 0 Å². The zero-order valence-electron chi connectivity index (χ0n) is 13.3. The van der Waals surface area contributed by atoms with Crippen LogP contribution >= 0.6 is 0 Å². The second-order valence-electron chi connectivity index (χ2n) is 5.21. The van der Waals surface area contributed by atoms with Crippen LogP contribution in [0.1, 0.15) is 16.1 Å². The van der Waals surface area contributed by atoms with E-state index in [1.165, 1.54) is 30.5 Å². The van der Waals surface area contributed by atoms with Gasteiger partial charge in [-0.25, -0.2) is 9.07 Å². The highest BCUT2D eigenvalue weighted by molar-refractivity contribution is 6.04. The third-order valence-electron chi connectivity index (χ3n) is 3.67. The highest BCUT2D eigenvalue weighted by Gasteiger charge is 2.15. The van der Waals surface area contributed by atoms with Gasteiger partial charge < -0.3 is 10.1 Å². The Hall–Kier alpha value is -3.15.